The van der Waals surface area contributed by atoms with Gasteiger partial charge in [0.1, 0.15) is 12.3 Å². The van der Waals surface area contributed by atoms with Crippen molar-refractivity contribution in [3.63, 3.8) is 0 Å². The molecule has 1 aliphatic heterocycles. The first-order valence-electron chi connectivity index (χ1n) is 11.1. The summed E-state index contributed by atoms with van der Waals surface area (Å²) in [4.78, 5) is 4.98. The largest absolute Gasteiger partial charge is 0.467 e. The second-order valence-corrected chi connectivity index (χ2v) is 8.40. The predicted octanol–water partition coefficient (Wildman–Crippen LogP) is 3.84. The Morgan fingerprint density at radius 2 is 1.75 bits per heavy atom. The number of aromatic nitrogens is 4. The van der Waals surface area contributed by atoms with E-state index in [9.17, 15) is 0 Å². The van der Waals surface area contributed by atoms with Crippen molar-refractivity contribution < 1.29 is 4.42 Å². The molecule has 1 fully saturated rings. The summed E-state index contributed by atoms with van der Waals surface area (Å²) < 4.78 is 7.39. The first-order chi connectivity index (χ1) is 15.7. The quantitative estimate of drug-likeness (QED) is 0.465. The van der Waals surface area contributed by atoms with Gasteiger partial charge in [-0.1, -0.05) is 42.5 Å². The van der Waals surface area contributed by atoms with Gasteiger partial charge >= 0.3 is 0 Å². The van der Waals surface area contributed by atoms with Crippen molar-refractivity contribution in [2.75, 3.05) is 31.1 Å². The SMILES string of the molecule is Cc1ccc(C)c(N2CCN(C(c3ccccc3)c3nnnn3Cc3ccco3)CC2)c1. The van der Waals surface area contributed by atoms with Crippen molar-refractivity contribution in [2.45, 2.75) is 26.4 Å². The van der Waals surface area contributed by atoms with Gasteiger partial charge in [-0.3, -0.25) is 4.90 Å². The van der Waals surface area contributed by atoms with Gasteiger partial charge in [0.2, 0.25) is 0 Å². The first-order valence-corrected chi connectivity index (χ1v) is 11.1. The zero-order chi connectivity index (χ0) is 21.9. The van der Waals surface area contributed by atoms with Gasteiger partial charge in [-0.05, 0) is 59.2 Å². The van der Waals surface area contributed by atoms with E-state index in [2.05, 4.69) is 81.6 Å². The number of piperazine rings is 1. The van der Waals surface area contributed by atoms with E-state index in [4.69, 9.17) is 4.42 Å². The van der Waals surface area contributed by atoms with Crippen LogP contribution in [-0.2, 0) is 6.54 Å². The Morgan fingerprint density at radius 3 is 2.50 bits per heavy atom. The Bertz CT molecular complexity index is 1150. The van der Waals surface area contributed by atoms with Crippen LogP contribution in [0.5, 0.6) is 0 Å². The molecule has 0 aliphatic carbocycles. The maximum absolute atomic E-state index is 5.54. The molecule has 0 bridgehead atoms. The Labute approximate surface area is 188 Å². The van der Waals surface area contributed by atoms with E-state index >= 15 is 0 Å². The first kappa shape index (κ1) is 20.5. The van der Waals surface area contributed by atoms with E-state index in [0.717, 1.165) is 37.8 Å². The summed E-state index contributed by atoms with van der Waals surface area (Å²) in [5, 5.41) is 12.7. The van der Waals surface area contributed by atoms with Gasteiger partial charge in [-0.2, -0.15) is 0 Å². The number of rotatable bonds is 6. The molecule has 7 heteroatoms. The fourth-order valence-corrected chi connectivity index (χ4v) is 4.51. The Balaban J connectivity index is 1.41. The molecule has 4 aromatic rings. The number of anilines is 1. The highest BCUT2D eigenvalue weighted by atomic mass is 16.3. The van der Waals surface area contributed by atoms with Gasteiger partial charge in [0.05, 0.1) is 12.3 Å². The molecule has 1 saturated heterocycles. The number of tetrazole rings is 1. The molecule has 0 spiro atoms. The van der Waals surface area contributed by atoms with Gasteiger partial charge in [0.25, 0.3) is 0 Å². The Hall–Kier alpha value is -3.45. The van der Waals surface area contributed by atoms with E-state index in [-0.39, 0.29) is 6.04 Å². The summed E-state index contributed by atoms with van der Waals surface area (Å²) in [6, 6.07) is 21.0. The minimum atomic E-state index is -0.0121. The van der Waals surface area contributed by atoms with Crippen LogP contribution in [0.1, 0.15) is 34.3 Å². The number of hydrogen-bond acceptors (Lipinski definition) is 6. The molecule has 32 heavy (non-hydrogen) atoms. The summed E-state index contributed by atoms with van der Waals surface area (Å²) in [6.45, 7) is 8.66. The molecule has 164 valence electrons. The van der Waals surface area contributed by atoms with Gasteiger partial charge in [0, 0.05) is 31.9 Å². The van der Waals surface area contributed by atoms with Crippen molar-refractivity contribution in [2.24, 2.45) is 0 Å². The van der Waals surface area contributed by atoms with Crippen LogP contribution < -0.4 is 4.90 Å². The summed E-state index contributed by atoms with van der Waals surface area (Å²) in [5.74, 6) is 1.68. The maximum atomic E-state index is 5.54. The van der Waals surface area contributed by atoms with Crippen LogP contribution in [0.3, 0.4) is 0 Å². The molecule has 0 saturated carbocycles. The maximum Gasteiger partial charge on any atom is 0.173 e. The van der Waals surface area contributed by atoms with Crippen molar-refractivity contribution in [1.82, 2.24) is 25.1 Å². The van der Waals surface area contributed by atoms with Crippen LogP contribution >= 0.6 is 0 Å². The fraction of sp³-hybridized carbons (Fsp3) is 0.320. The van der Waals surface area contributed by atoms with Crippen LogP contribution in [-0.4, -0.2) is 51.3 Å². The molecule has 3 heterocycles. The minimum Gasteiger partial charge on any atom is -0.467 e. The highest BCUT2D eigenvalue weighted by Crippen LogP contribution is 2.30. The molecule has 2 aromatic carbocycles. The average molecular weight is 429 g/mol. The van der Waals surface area contributed by atoms with E-state index in [1.54, 1.807) is 6.26 Å². The minimum absolute atomic E-state index is 0.0121. The third-order valence-corrected chi connectivity index (χ3v) is 6.19. The highest BCUT2D eigenvalue weighted by molar-refractivity contribution is 5.55. The third kappa shape index (κ3) is 4.16. The van der Waals surface area contributed by atoms with Crippen molar-refractivity contribution >= 4 is 5.69 Å². The standard InChI is InChI=1S/C25H28N6O/c1-19-10-11-20(2)23(17-19)29-12-14-30(15-13-29)24(21-7-4-3-5-8-21)25-26-27-28-31(25)18-22-9-6-16-32-22/h3-11,16-17,24H,12-15,18H2,1-2H3. The van der Waals surface area contributed by atoms with Gasteiger partial charge in [0.15, 0.2) is 5.82 Å². The van der Waals surface area contributed by atoms with Crippen LogP contribution in [0.25, 0.3) is 0 Å². The molecule has 7 nitrogen and oxygen atoms in total. The zero-order valence-corrected chi connectivity index (χ0v) is 18.6. The molecule has 1 aliphatic rings. The van der Waals surface area contributed by atoms with Crippen molar-refractivity contribution in [3.8, 4) is 0 Å². The summed E-state index contributed by atoms with van der Waals surface area (Å²) in [5.41, 5.74) is 5.16. The second-order valence-electron chi connectivity index (χ2n) is 8.40. The summed E-state index contributed by atoms with van der Waals surface area (Å²) in [7, 11) is 0. The number of nitrogens with zero attached hydrogens (tertiary/aromatic N) is 6. The lowest BCUT2D eigenvalue weighted by molar-refractivity contribution is 0.201. The molecular weight excluding hydrogens is 400 g/mol. The monoisotopic (exact) mass is 428 g/mol. The molecule has 0 amide bonds. The van der Waals surface area contributed by atoms with Gasteiger partial charge in [-0.15, -0.1) is 5.10 Å². The second kappa shape index (κ2) is 8.96. The van der Waals surface area contributed by atoms with Crippen LogP contribution in [0.2, 0.25) is 0 Å². The van der Waals surface area contributed by atoms with Crippen LogP contribution in [0.4, 0.5) is 5.69 Å². The lowest BCUT2D eigenvalue weighted by Gasteiger charge is -2.40. The number of furan rings is 1. The topological polar surface area (TPSA) is 63.2 Å². The lowest BCUT2D eigenvalue weighted by Crippen LogP contribution is -2.48. The number of benzene rings is 2. The van der Waals surface area contributed by atoms with E-state index in [0.29, 0.717) is 6.54 Å². The average Bonchev–Trinajstić information content (AvgIpc) is 3.50. The molecule has 0 N–H and O–H groups in total. The molecule has 1 atom stereocenters. The number of aryl methyl sites for hydroxylation is 2. The van der Waals surface area contributed by atoms with E-state index in [1.807, 2.05) is 22.9 Å². The van der Waals surface area contributed by atoms with Gasteiger partial charge < -0.3 is 9.32 Å². The molecule has 1 unspecified atom stereocenters. The molecule has 0 radical (unpaired) electrons. The van der Waals surface area contributed by atoms with Crippen molar-refractivity contribution in [3.05, 3.63) is 95.2 Å². The molecule has 5 rings (SSSR count). The van der Waals surface area contributed by atoms with E-state index in [1.165, 1.54) is 22.4 Å². The fourth-order valence-electron chi connectivity index (χ4n) is 4.51. The van der Waals surface area contributed by atoms with Crippen LogP contribution in [0, 0.1) is 13.8 Å². The Morgan fingerprint density at radius 1 is 0.938 bits per heavy atom. The highest BCUT2D eigenvalue weighted by Gasteiger charge is 2.31. The van der Waals surface area contributed by atoms with Gasteiger partial charge in [-0.25, -0.2) is 4.68 Å². The van der Waals surface area contributed by atoms with E-state index < -0.39 is 0 Å². The third-order valence-electron chi connectivity index (χ3n) is 6.19. The normalized spacial score (nSPS) is 15.8. The van der Waals surface area contributed by atoms with Crippen molar-refractivity contribution in [1.29, 1.82) is 0 Å². The molecular formula is C25H28N6O. The summed E-state index contributed by atoms with van der Waals surface area (Å²) >= 11 is 0. The van der Waals surface area contributed by atoms with Crippen LogP contribution in [0.15, 0.2) is 71.3 Å². The summed E-state index contributed by atoms with van der Waals surface area (Å²) in [6.07, 6.45) is 1.68. The molecule has 2 aromatic heterocycles. The smallest absolute Gasteiger partial charge is 0.173 e. The zero-order valence-electron chi connectivity index (χ0n) is 18.6. The number of hydrogen-bond donors (Lipinski definition) is 0. The Kier molecular flexibility index (Phi) is 5.73. The predicted molar refractivity (Wildman–Crippen MR) is 124 cm³/mol. The lowest BCUT2D eigenvalue weighted by atomic mass is 10.0.